The molecule has 1 atom stereocenters. The molecule has 3 rings (SSSR count). The average molecular weight is 399 g/mol. The first-order valence-electron chi connectivity index (χ1n) is 10.3. The standard InChI is InChI=1S/C24H31FN2O2/c1-18(29-22-10-5-4-6-11-22)23(28)26-21-12-14-24(15-13-21,27(2)3)17-19-8-7-9-20(25)16-19/h4-11,16,18,21H,12-15,17H2,1-3H3,(H,26,28). The van der Waals surface area contributed by atoms with Gasteiger partial charge in [0.25, 0.3) is 5.91 Å². The largest absolute Gasteiger partial charge is 0.481 e. The highest BCUT2D eigenvalue weighted by Crippen LogP contribution is 2.35. The second-order valence-electron chi connectivity index (χ2n) is 8.28. The summed E-state index contributed by atoms with van der Waals surface area (Å²) in [5.41, 5.74) is 1.01. The van der Waals surface area contributed by atoms with E-state index in [-0.39, 0.29) is 23.3 Å². The Bertz CT molecular complexity index is 802. The van der Waals surface area contributed by atoms with Crippen LogP contribution >= 0.6 is 0 Å². The van der Waals surface area contributed by atoms with Crippen LogP contribution < -0.4 is 10.1 Å². The molecule has 4 nitrogen and oxygen atoms in total. The summed E-state index contributed by atoms with van der Waals surface area (Å²) in [6, 6.07) is 16.4. The van der Waals surface area contributed by atoms with Crippen LogP contribution in [0, 0.1) is 5.82 Å². The third-order valence-corrected chi connectivity index (χ3v) is 6.06. The SMILES string of the molecule is CC(Oc1ccccc1)C(=O)NC1CCC(Cc2cccc(F)c2)(N(C)C)CC1. The number of carbonyl (C=O) groups is 1. The first-order chi connectivity index (χ1) is 13.9. The van der Waals surface area contributed by atoms with Gasteiger partial charge in [-0.15, -0.1) is 0 Å². The first-order valence-corrected chi connectivity index (χ1v) is 10.3. The van der Waals surface area contributed by atoms with Crippen LogP contribution in [0.5, 0.6) is 5.75 Å². The molecule has 1 fully saturated rings. The Balaban J connectivity index is 1.55. The number of likely N-dealkylation sites (N-methyl/N-ethyl adjacent to an activating group) is 1. The van der Waals surface area contributed by atoms with E-state index in [0.29, 0.717) is 5.75 Å². The van der Waals surface area contributed by atoms with Crippen LogP contribution in [0.25, 0.3) is 0 Å². The van der Waals surface area contributed by atoms with Gasteiger partial charge >= 0.3 is 0 Å². The van der Waals surface area contributed by atoms with E-state index in [1.54, 1.807) is 19.1 Å². The van der Waals surface area contributed by atoms with Crippen molar-refractivity contribution in [3.8, 4) is 5.75 Å². The molecular formula is C24H31FN2O2. The van der Waals surface area contributed by atoms with Crippen LogP contribution in [0.4, 0.5) is 4.39 Å². The van der Waals surface area contributed by atoms with E-state index in [2.05, 4.69) is 24.3 Å². The summed E-state index contributed by atoms with van der Waals surface area (Å²) in [4.78, 5) is 14.8. The molecule has 1 saturated carbocycles. The molecule has 1 aliphatic carbocycles. The lowest BCUT2D eigenvalue weighted by Gasteiger charge is -2.45. The van der Waals surface area contributed by atoms with Gasteiger partial charge in [0.2, 0.25) is 0 Å². The van der Waals surface area contributed by atoms with Crippen molar-refractivity contribution in [2.75, 3.05) is 14.1 Å². The topological polar surface area (TPSA) is 41.6 Å². The highest BCUT2D eigenvalue weighted by atomic mass is 19.1. The lowest BCUT2D eigenvalue weighted by molar-refractivity contribution is -0.128. The van der Waals surface area contributed by atoms with Gasteiger partial charge in [-0.25, -0.2) is 4.39 Å². The van der Waals surface area contributed by atoms with Crippen LogP contribution in [-0.2, 0) is 11.2 Å². The van der Waals surface area contributed by atoms with Crippen molar-refractivity contribution >= 4 is 5.91 Å². The van der Waals surface area contributed by atoms with Gasteiger partial charge in [0.15, 0.2) is 6.10 Å². The van der Waals surface area contributed by atoms with Gasteiger partial charge in [0.1, 0.15) is 11.6 Å². The third-order valence-electron chi connectivity index (χ3n) is 6.06. The second kappa shape index (κ2) is 9.40. The summed E-state index contributed by atoms with van der Waals surface area (Å²) in [6.07, 6.45) is 3.98. The minimum atomic E-state index is -0.537. The van der Waals surface area contributed by atoms with Gasteiger partial charge in [-0.3, -0.25) is 4.79 Å². The van der Waals surface area contributed by atoms with Crippen LogP contribution in [0.3, 0.4) is 0 Å². The highest BCUT2D eigenvalue weighted by Gasteiger charge is 2.38. The smallest absolute Gasteiger partial charge is 0.260 e. The number of ether oxygens (including phenoxy) is 1. The van der Waals surface area contributed by atoms with Gasteiger partial charge in [0, 0.05) is 11.6 Å². The maximum absolute atomic E-state index is 13.6. The van der Waals surface area contributed by atoms with Crippen molar-refractivity contribution in [3.05, 3.63) is 66.0 Å². The summed E-state index contributed by atoms with van der Waals surface area (Å²) in [5, 5.41) is 3.15. The molecule has 0 heterocycles. The summed E-state index contributed by atoms with van der Waals surface area (Å²) < 4.78 is 19.3. The van der Waals surface area contributed by atoms with Crippen LogP contribution in [-0.4, -0.2) is 42.6 Å². The Kier molecular flexibility index (Phi) is 6.91. The summed E-state index contributed by atoms with van der Waals surface area (Å²) in [7, 11) is 4.18. The zero-order valence-corrected chi connectivity index (χ0v) is 17.5. The van der Waals surface area contributed by atoms with Crippen molar-refractivity contribution in [3.63, 3.8) is 0 Å². The summed E-state index contributed by atoms with van der Waals surface area (Å²) in [5.74, 6) is 0.423. The fourth-order valence-electron chi connectivity index (χ4n) is 4.18. The number of benzene rings is 2. The molecule has 1 unspecified atom stereocenters. The third kappa shape index (κ3) is 5.57. The van der Waals surface area contributed by atoms with Crippen molar-refractivity contribution < 1.29 is 13.9 Å². The fraction of sp³-hybridized carbons (Fsp3) is 0.458. The molecule has 5 heteroatoms. The molecule has 0 aromatic heterocycles. The number of hydrogen-bond donors (Lipinski definition) is 1. The van der Waals surface area contributed by atoms with Crippen molar-refractivity contribution in [1.82, 2.24) is 10.2 Å². The molecule has 29 heavy (non-hydrogen) atoms. The highest BCUT2D eigenvalue weighted by molar-refractivity contribution is 5.81. The maximum atomic E-state index is 13.6. The second-order valence-corrected chi connectivity index (χ2v) is 8.28. The van der Waals surface area contributed by atoms with E-state index in [0.717, 1.165) is 37.7 Å². The average Bonchev–Trinajstić information content (AvgIpc) is 2.70. The Morgan fingerprint density at radius 1 is 1.17 bits per heavy atom. The molecule has 0 bridgehead atoms. The molecule has 0 aliphatic heterocycles. The number of rotatable bonds is 7. The Labute approximate surface area is 173 Å². The van der Waals surface area contributed by atoms with Gasteiger partial charge in [-0.05, 0) is 83.0 Å². The zero-order valence-electron chi connectivity index (χ0n) is 17.5. The number of amides is 1. The van der Waals surface area contributed by atoms with Crippen molar-refractivity contribution in [2.24, 2.45) is 0 Å². The number of halogens is 1. The molecule has 0 radical (unpaired) electrons. The number of nitrogens with one attached hydrogen (secondary N) is 1. The molecule has 2 aromatic carbocycles. The van der Waals surface area contributed by atoms with E-state index in [9.17, 15) is 9.18 Å². The van der Waals surface area contributed by atoms with Gasteiger partial charge in [0.05, 0.1) is 0 Å². The van der Waals surface area contributed by atoms with Crippen LogP contribution in [0.15, 0.2) is 54.6 Å². The van der Waals surface area contributed by atoms with Crippen molar-refractivity contribution in [2.45, 2.75) is 56.7 Å². The Morgan fingerprint density at radius 3 is 2.48 bits per heavy atom. The lowest BCUT2D eigenvalue weighted by atomic mass is 9.74. The summed E-state index contributed by atoms with van der Waals surface area (Å²) >= 11 is 0. The first kappa shape index (κ1) is 21.3. The molecule has 0 spiro atoms. The predicted octanol–water partition coefficient (Wildman–Crippen LogP) is 4.19. The van der Waals surface area contributed by atoms with Crippen LogP contribution in [0.2, 0.25) is 0 Å². The molecule has 1 amide bonds. The van der Waals surface area contributed by atoms with E-state index in [4.69, 9.17) is 4.74 Å². The Hall–Kier alpha value is -2.40. The van der Waals surface area contributed by atoms with Crippen molar-refractivity contribution in [1.29, 1.82) is 0 Å². The van der Waals surface area contributed by atoms with Crippen LogP contribution in [0.1, 0.15) is 38.2 Å². The predicted molar refractivity (Wildman–Crippen MR) is 113 cm³/mol. The monoisotopic (exact) mass is 398 g/mol. The lowest BCUT2D eigenvalue weighted by Crippen LogP contribution is -2.53. The molecule has 156 valence electrons. The normalized spacial score (nSPS) is 22.9. The van der Waals surface area contributed by atoms with Gasteiger partial charge in [-0.1, -0.05) is 30.3 Å². The Morgan fingerprint density at radius 2 is 1.86 bits per heavy atom. The molecule has 2 aromatic rings. The van der Waals surface area contributed by atoms with E-state index >= 15 is 0 Å². The molecule has 0 saturated heterocycles. The number of hydrogen-bond acceptors (Lipinski definition) is 3. The maximum Gasteiger partial charge on any atom is 0.260 e. The summed E-state index contributed by atoms with van der Waals surface area (Å²) in [6.45, 7) is 1.78. The fourth-order valence-corrected chi connectivity index (χ4v) is 4.18. The van der Waals surface area contributed by atoms with E-state index in [1.165, 1.54) is 6.07 Å². The minimum Gasteiger partial charge on any atom is -0.481 e. The molecule has 1 aliphatic rings. The number of carbonyl (C=O) groups excluding carboxylic acids is 1. The zero-order chi connectivity index (χ0) is 20.9. The van der Waals surface area contributed by atoms with Gasteiger partial charge in [-0.2, -0.15) is 0 Å². The number of nitrogens with zero attached hydrogens (tertiary/aromatic N) is 1. The quantitative estimate of drug-likeness (QED) is 0.760. The molecule has 1 N–H and O–H groups in total. The van der Waals surface area contributed by atoms with Gasteiger partial charge < -0.3 is 15.0 Å². The minimum absolute atomic E-state index is 0.0127. The van der Waals surface area contributed by atoms with E-state index < -0.39 is 6.10 Å². The molecular weight excluding hydrogens is 367 g/mol. The van der Waals surface area contributed by atoms with E-state index in [1.807, 2.05) is 36.4 Å². The number of para-hydroxylation sites is 1.